The van der Waals surface area contributed by atoms with Gasteiger partial charge >= 0.3 is 0 Å². The molecule has 0 aromatic carbocycles. The predicted octanol–water partition coefficient (Wildman–Crippen LogP) is 3.25. The van der Waals surface area contributed by atoms with Crippen molar-refractivity contribution in [1.82, 2.24) is 15.3 Å². The van der Waals surface area contributed by atoms with Gasteiger partial charge in [0.1, 0.15) is 5.84 Å². The fourth-order valence-corrected chi connectivity index (χ4v) is 2.09. The average Bonchev–Trinajstić information content (AvgIpc) is 2.63. The minimum absolute atomic E-state index is 0.0528. The van der Waals surface area contributed by atoms with E-state index in [0.29, 0.717) is 24.4 Å². The van der Waals surface area contributed by atoms with Crippen LogP contribution in [0, 0.1) is 16.3 Å². The van der Waals surface area contributed by atoms with Crippen LogP contribution in [0.3, 0.4) is 0 Å². The van der Waals surface area contributed by atoms with Gasteiger partial charge in [0.05, 0.1) is 6.42 Å². The number of amidine groups is 1. The lowest BCUT2D eigenvalue weighted by molar-refractivity contribution is -0.119. The zero-order valence-electron chi connectivity index (χ0n) is 14.9. The second-order valence-corrected chi connectivity index (χ2v) is 5.52. The number of rotatable bonds is 11. The number of carbonyl (C=O) groups is 1. The molecule has 0 aliphatic rings. The fourth-order valence-electron chi connectivity index (χ4n) is 2.09. The standard InChI is InChI=1S/C18H25N7O/c1-2-12-25(24-21)13-6-4-7-15(19)9-10-17(20)23-18(26)14-16-8-3-5-11-22-16/h2-3,5,8-12,19,21H,4,6-7,13-14H2,1H3,(H2,20,23,26)/b10-9-,12-2+,19-15?,24-21?. The van der Waals surface area contributed by atoms with E-state index in [1.165, 1.54) is 17.2 Å². The Labute approximate surface area is 153 Å². The molecule has 1 heterocycles. The van der Waals surface area contributed by atoms with Crippen molar-refractivity contribution in [3.63, 3.8) is 0 Å². The minimum Gasteiger partial charge on any atom is -0.311 e. The number of hydrogen-bond donors (Lipinski definition) is 4. The Hall–Kier alpha value is -3.16. The molecule has 0 spiro atoms. The van der Waals surface area contributed by atoms with E-state index < -0.39 is 0 Å². The summed E-state index contributed by atoms with van der Waals surface area (Å²) >= 11 is 0. The number of carbonyl (C=O) groups excluding carboxylic acids is 1. The molecule has 1 amide bonds. The van der Waals surface area contributed by atoms with Gasteiger partial charge in [-0.2, -0.15) is 5.53 Å². The maximum Gasteiger partial charge on any atom is 0.231 e. The molecule has 0 fully saturated rings. The molecule has 0 unspecified atom stereocenters. The van der Waals surface area contributed by atoms with Gasteiger partial charge in [-0.1, -0.05) is 17.4 Å². The van der Waals surface area contributed by atoms with Crippen molar-refractivity contribution in [2.45, 2.75) is 32.6 Å². The van der Waals surface area contributed by atoms with Gasteiger partial charge < -0.3 is 10.7 Å². The molecule has 0 aliphatic carbocycles. The highest BCUT2D eigenvalue weighted by Gasteiger charge is 2.05. The Morgan fingerprint density at radius 3 is 2.77 bits per heavy atom. The van der Waals surface area contributed by atoms with E-state index in [4.69, 9.17) is 16.3 Å². The van der Waals surface area contributed by atoms with Crippen molar-refractivity contribution in [2.24, 2.45) is 5.22 Å². The zero-order chi connectivity index (χ0) is 19.2. The van der Waals surface area contributed by atoms with E-state index in [0.717, 1.165) is 12.8 Å². The molecule has 0 aliphatic heterocycles. The minimum atomic E-state index is -0.312. The van der Waals surface area contributed by atoms with E-state index in [1.54, 1.807) is 30.6 Å². The molecule has 0 radical (unpaired) electrons. The van der Waals surface area contributed by atoms with E-state index in [9.17, 15) is 4.79 Å². The third-order valence-electron chi connectivity index (χ3n) is 3.33. The van der Waals surface area contributed by atoms with Crippen molar-refractivity contribution in [3.8, 4) is 0 Å². The quantitative estimate of drug-likeness (QED) is 0.160. The summed E-state index contributed by atoms with van der Waals surface area (Å²) in [5.74, 6) is -0.365. The van der Waals surface area contributed by atoms with Gasteiger partial charge in [0.25, 0.3) is 0 Å². The molecule has 1 rings (SSSR count). The van der Waals surface area contributed by atoms with Crippen molar-refractivity contribution in [3.05, 3.63) is 54.5 Å². The largest absolute Gasteiger partial charge is 0.311 e. The van der Waals surface area contributed by atoms with Crippen LogP contribution in [0.1, 0.15) is 31.9 Å². The highest BCUT2D eigenvalue weighted by atomic mass is 16.1. The number of nitrogens with one attached hydrogen (secondary N) is 4. The SMILES string of the molecule is C/C=C/N(CCCCC(=N)/C=C\C(=N)NC(=O)Cc1ccccn1)N=N. The normalized spacial score (nSPS) is 10.8. The zero-order valence-corrected chi connectivity index (χ0v) is 14.9. The van der Waals surface area contributed by atoms with E-state index in [2.05, 4.69) is 15.5 Å². The number of hydrogen-bond acceptors (Lipinski definition) is 6. The van der Waals surface area contributed by atoms with Crippen molar-refractivity contribution >= 4 is 17.5 Å². The summed E-state index contributed by atoms with van der Waals surface area (Å²) in [6.45, 7) is 2.49. The molecule has 8 heteroatoms. The highest BCUT2D eigenvalue weighted by Crippen LogP contribution is 2.02. The van der Waals surface area contributed by atoms with Gasteiger partial charge in [0.2, 0.25) is 5.91 Å². The second kappa shape index (κ2) is 12.2. The Kier molecular flexibility index (Phi) is 9.83. The molecule has 0 bridgehead atoms. The van der Waals surface area contributed by atoms with Gasteiger partial charge in [-0.15, -0.1) is 0 Å². The molecule has 138 valence electrons. The molecule has 0 atom stereocenters. The van der Waals surface area contributed by atoms with Gasteiger partial charge in [-0.05, 0) is 50.5 Å². The van der Waals surface area contributed by atoms with Crippen LogP contribution in [0.15, 0.2) is 54.0 Å². The first-order chi connectivity index (χ1) is 12.5. The number of nitrogens with zero attached hydrogens (tertiary/aromatic N) is 3. The van der Waals surface area contributed by atoms with Gasteiger partial charge in [0, 0.05) is 30.3 Å². The molecular formula is C18H25N7O. The molecule has 0 saturated carbocycles. The van der Waals surface area contributed by atoms with Crippen LogP contribution in [-0.2, 0) is 11.2 Å². The lowest BCUT2D eigenvalue weighted by Gasteiger charge is -2.10. The lowest BCUT2D eigenvalue weighted by Crippen LogP contribution is -2.30. The first kappa shape index (κ1) is 20.9. The third kappa shape index (κ3) is 9.21. The Balaban J connectivity index is 2.26. The Morgan fingerprint density at radius 1 is 1.31 bits per heavy atom. The first-order valence-electron chi connectivity index (χ1n) is 8.35. The summed E-state index contributed by atoms with van der Waals surface area (Å²) in [7, 11) is 0. The molecule has 1 aromatic rings. The smallest absolute Gasteiger partial charge is 0.231 e. The summed E-state index contributed by atoms with van der Waals surface area (Å²) in [6, 6.07) is 5.33. The topological polar surface area (TPSA) is 129 Å². The second-order valence-electron chi connectivity index (χ2n) is 5.52. The molecule has 0 saturated heterocycles. The van der Waals surface area contributed by atoms with Crippen LogP contribution in [-0.4, -0.2) is 34.0 Å². The van der Waals surface area contributed by atoms with Crippen LogP contribution in [0.25, 0.3) is 0 Å². The average molecular weight is 355 g/mol. The van der Waals surface area contributed by atoms with Gasteiger partial charge in [-0.3, -0.25) is 20.2 Å². The molecule has 26 heavy (non-hydrogen) atoms. The Bertz CT molecular complexity index is 667. The maximum atomic E-state index is 11.8. The van der Waals surface area contributed by atoms with Crippen LogP contribution >= 0.6 is 0 Å². The summed E-state index contributed by atoms with van der Waals surface area (Å²) in [4.78, 5) is 15.9. The summed E-state index contributed by atoms with van der Waals surface area (Å²) < 4.78 is 0. The number of pyridine rings is 1. The molecule has 8 nitrogen and oxygen atoms in total. The van der Waals surface area contributed by atoms with Gasteiger partial charge in [0.15, 0.2) is 0 Å². The van der Waals surface area contributed by atoms with Gasteiger partial charge in [-0.25, -0.2) is 0 Å². The fraction of sp³-hybridized carbons (Fsp3) is 0.333. The van der Waals surface area contributed by atoms with Crippen LogP contribution in [0.2, 0.25) is 0 Å². The van der Waals surface area contributed by atoms with Crippen LogP contribution in [0.5, 0.6) is 0 Å². The number of amides is 1. The summed E-state index contributed by atoms with van der Waals surface area (Å²) in [5, 5.41) is 23.0. The highest BCUT2D eigenvalue weighted by molar-refractivity contribution is 6.06. The number of aromatic nitrogens is 1. The van der Waals surface area contributed by atoms with E-state index >= 15 is 0 Å². The summed E-state index contributed by atoms with van der Waals surface area (Å²) in [5.41, 5.74) is 8.03. The first-order valence-corrected chi connectivity index (χ1v) is 8.35. The van der Waals surface area contributed by atoms with Crippen molar-refractivity contribution < 1.29 is 4.79 Å². The van der Waals surface area contributed by atoms with E-state index in [1.807, 2.05) is 13.0 Å². The predicted molar refractivity (Wildman–Crippen MR) is 101 cm³/mol. The monoisotopic (exact) mass is 355 g/mol. The Morgan fingerprint density at radius 2 is 2.12 bits per heavy atom. The number of allylic oxidation sites excluding steroid dienone is 2. The lowest BCUT2D eigenvalue weighted by atomic mass is 10.1. The molecule has 4 N–H and O–H groups in total. The summed E-state index contributed by atoms with van der Waals surface area (Å²) in [6.07, 6.45) is 10.3. The molecule has 1 aromatic heterocycles. The maximum absolute atomic E-state index is 11.8. The third-order valence-corrected chi connectivity index (χ3v) is 3.33. The number of unbranched alkanes of at least 4 members (excludes halogenated alkanes) is 1. The van der Waals surface area contributed by atoms with Crippen molar-refractivity contribution in [2.75, 3.05) is 6.54 Å². The van der Waals surface area contributed by atoms with Crippen LogP contribution in [0.4, 0.5) is 0 Å². The molecular weight excluding hydrogens is 330 g/mol. The van der Waals surface area contributed by atoms with Crippen molar-refractivity contribution in [1.29, 1.82) is 16.3 Å². The van der Waals surface area contributed by atoms with Crippen LogP contribution < -0.4 is 5.32 Å². The van der Waals surface area contributed by atoms with E-state index in [-0.39, 0.29) is 18.2 Å².